The summed E-state index contributed by atoms with van der Waals surface area (Å²) in [5, 5.41) is 6.16. The third-order valence-electron chi connectivity index (χ3n) is 3.63. The van der Waals surface area contributed by atoms with Gasteiger partial charge in [0.05, 0.1) is 6.04 Å². The molecule has 6 heteroatoms. The number of hydrogen-bond donors (Lipinski definition) is 2. The molecule has 1 aliphatic rings. The molecule has 1 aliphatic heterocycles. The molecule has 6 nitrogen and oxygen atoms in total. The maximum Gasteiger partial charge on any atom is 0.275 e. The van der Waals surface area contributed by atoms with E-state index in [9.17, 15) is 4.79 Å². The number of aromatic nitrogens is 3. The molecule has 0 aromatic carbocycles. The van der Waals surface area contributed by atoms with E-state index in [-0.39, 0.29) is 11.9 Å². The van der Waals surface area contributed by atoms with Gasteiger partial charge in [0, 0.05) is 11.9 Å². The van der Waals surface area contributed by atoms with Crippen LogP contribution in [0.25, 0.3) is 0 Å². The van der Waals surface area contributed by atoms with E-state index in [0.29, 0.717) is 17.3 Å². The van der Waals surface area contributed by atoms with E-state index in [2.05, 4.69) is 25.6 Å². The largest absolute Gasteiger partial charge is 0.307 e. The highest BCUT2D eigenvalue weighted by molar-refractivity contribution is 6.02. The number of carbonyl (C=O) groups is 1. The second-order valence-corrected chi connectivity index (χ2v) is 5.42. The van der Waals surface area contributed by atoms with Crippen LogP contribution in [0.4, 0.5) is 5.82 Å². The quantitative estimate of drug-likeness (QED) is 0.908. The van der Waals surface area contributed by atoms with Crippen LogP contribution in [0.1, 0.15) is 47.3 Å². The van der Waals surface area contributed by atoms with Crippen LogP contribution in [-0.2, 0) is 0 Å². The number of carbonyl (C=O) groups excluding carboxylic acids is 1. The van der Waals surface area contributed by atoms with Gasteiger partial charge in [0.2, 0.25) is 0 Å². The first-order valence-corrected chi connectivity index (χ1v) is 7.54. The molecule has 0 saturated carbocycles. The summed E-state index contributed by atoms with van der Waals surface area (Å²) >= 11 is 0. The maximum atomic E-state index is 12.3. The topological polar surface area (TPSA) is 79.8 Å². The molecule has 0 radical (unpaired) electrons. The van der Waals surface area contributed by atoms with E-state index < -0.39 is 0 Å². The van der Waals surface area contributed by atoms with Crippen LogP contribution in [0.3, 0.4) is 0 Å². The summed E-state index contributed by atoms with van der Waals surface area (Å²) in [5.74, 6) is 0.952. The van der Waals surface area contributed by atoms with Crippen molar-refractivity contribution in [3.63, 3.8) is 0 Å². The number of nitrogens with one attached hydrogen (secondary N) is 2. The Morgan fingerprint density at radius 1 is 1.32 bits per heavy atom. The molecule has 2 aromatic rings. The van der Waals surface area contributed by atoms with Crippen LogP contribution in [0.15, 0.2) is 30.5 Å². The lowest BCUT2D eigenvalue weighted by Gasteiger charge is -2.22. The number of hydrogen-bond acceptors (Lipinski definition) is 5. The fourth-order valence-electron chi connectivity index (χ4n) is 2.55. The highest BCUT2D eigenvalue weighted by Gasteiger charge is 2.20. The average molecular weight is 297 g/mol. The number of pyridine rings is 1. The normalized spacial score (nSPS) is 18.0. The molecule has 3 heterocycles. The molecule has 1 atom stereocenters. The van der Waals surface area contributed by atoms with Crippen molar-refractivity contribution in [3.05, 3.63) is 47.7 Å². The average Bonchev–Trinajstić information content (AvgIpc) is 2.56. The van der Waals surface area contributed by atoms with Gasteiger partial charge in [-0.25, -0.2) is 15.0 Å². The van der Waals surface area contributed by atoms with Gasteiger partial charge in [0.1, 0.15) is 17.3 Å². The van der Waals surface area contributed by atoms with Gasteiger partial charge in [-0.05, 0) is 44.5 Å². The van der Waals surface area contributed by atoms with E-state index in [0.717, 1.165) is 25.1 Å². The Morgan fingerprint density at radius 2 is 2.23 bits per heavy atom. The standard InChI is InChI=1S/C16H19N5O/c1-11-10-13(16(22)21-14-7-3-5-9-18-14)20-15(19-11)12-6-2-4-8-17-12/h3,5,7,9-10,12,17H,2,4,6,8H2,1H3,(H,18,21,22). The summed E-state index contributed by atoms with van der Waals surface area (Å²) in [7, 11) is 0. The van der Waals surface area contributed by atoms with Crippen LogP contribution in [0.5, 0.6) is 0 Å². The molecule has 2 aromatic heterocycles. The van der Waals surface area contributed by atoms with Gasteiger partial charge in [-0.3, -0.25) is 4.79 Å². The molecule has 2 N–H and O–H groups in total. The molecular weight excluding hydrogens is 278 g/mol. The Hall–Kier alpha value is -2.34. The predicted molar refractivity (Wildman–Crippen MR) is 83.6 cm³/mol. The fourth-order valence-corrected chi connectivity index (χ4v) is 2.55. The molecule has 0 bridgehead atoms. The minimum absolute atomic E-state index is 0.134. The van der Waals surface area contributed by atoms with E-state index >= 15 is 0 Å². The first-order chi connectivity index (χ1) is 10.7. The van der Waals surface area contributed by atoms with Crippen LogP contribution in [-0.4, -0.2) is 27.4 Å². The number of piperidine rings is 1. The van der Waals surface area contributed by atoms with Crippen molar-refractivity contribution in [1.29, 1.82) is 0 Å². The Bertz CT molecular complexity index is 653. The van der Waals surface area contributed by atoms with Crippen molar-refractivity contribution in [2.24, 2.45) is 0 Å². The van der Waals surface area contributed by atoms with Crippen molar-refractivity contribution in [2.75, 3.05) is 11.9 Å². The molecular formula is C16H19N5O. The highest BCUT2D eigenvalue weighted by atomic mass is 16.1. The van der Waals surface area contributed by atoms with Gasteiger partial charge >= 0.3 is 0 Å². The highest BCUT2D eigenvalue weighted by Crippen LogP contribution is 2.20. The lowest BCUT2D eigenvalue weighted by atomic mass is 10.0. The monoisotopic (exact) mass is 297 g/mol. The van der Waals surface area contributed by atoms with Gasteiger partial charge in [-0.1, -0.05) is 12.5 Å². The van der Waals surface area contributed by atoms with Crippen LogP contribution in [0, 0.1) is 6.92 Å². The van der Waals surface area contributed by atoms with Gasteiger partial charge in [0.25, 0.3) is 5.91 Å². The van der Waals surface area contributed by atoms with Gasteiger partial charge in [-0.15, -0.1) is 0 Å². The molecule has 114 valence electrons. The second kappa shape index (κ2) is 6.62. The van der Waals surface area contributed by atoms with E-state index in [1.54, 1.807) is 24.4 Å². The molecule has 22 heavy (non-hydrogen) atoms. The van der Waals surface area contributed by atoms with Crippen molar-refractivity contribution in [3.8, 4) is 0 Å². The summed E-state index contributed by atoms with van der Waals surface area (Å²) in [4.78, 5) is 25.3. The molecule has 1 amide bonds. The smallest absolute Gasteiger partial charge is 0.275 e. The Labute approximate surface area is 129 Å². The lowest BCUT2D eigenvalue weighted by molar-refractivity contribution is 0.102. The number of amides is 1. The zero-order valence-electron chi connectivity index (χ0n) is 12.5. The molecule has 3 rings (SSSR count). The van der Waals surface area contributed by atoms with Crippen molar-refractivity contribution in [2.45, 2.75) is 32.2 Å². The Kier molecular flexibility index (Phi) is 4.39. The second-order valence-electron chi connectivity index (χ2n) is 5.42. The van der Waals surface area contributed by atoms with Crippen molar-refractivity contribution >= 4 is 11.7 Å². The zero-order valence-corrected chi connectivity index (χ0v) is 12.5. The zero-order chi connectivity index (χ0) is 15.4. The fraction of sp³-hybridized carbons (Fsp3) is 0.375. The van der Waals surface area contributed by atoms with E-state index in [1.807, 2.05) is 13.0 Å². The van der Waals surface area contributed by atoms with Crippen LogP contribution >= 0.6 is 0 Å². The minimum atomic E-state index is -0.263. The van der Waals surface area contributed by atoms with Crippen molar-refractivity contribution < 1.29 is 4.79 Å². The Balaban J connectivity index is 1.81. The number of rotatable bonds is 3. The summed E-state index contributed by atoms with van der Waals surface area (Å²) in [5.41, 5.74) is 1.17. The molecule has 1 unspecified atom stereocenters. The van der Waals surface area contributed by atoms with Gasteiger partial charge in [0.15, 0.2) is 0 Å². The summed E-state index contributed by atoms with van der Waals surface area (Å²) < 4.78 is 0. The predicted octanol–water partition coefficient (Wildman–Crippen LogP) is 2.25. The number of nitrogens with zero attached hydrogens (tertiary/aromatic N) is 3. The minimum Gasteiger partial charge on any atom is -0.307 e. The first-order valence-electron chi connectivity index (χ1n) is 7.54. The van der Waals surface area contributed by atoms with Gasteiger partial charge in [-0.2, -0.15) is 0 Å². The molecule has 0 spiro atoms. The molecule has 1 fully saturated rings. The van der Waals surface area contributed by atoms with Crippen LogP contribution in [0.2, 0.25) is 0 Å². The van der Waals surface area contributed by atoms with Gasteiger partial charge < -0.3 is 10.6 Å². The van der Waals surface area contributed by atoms with E-state index in [4.69, 9.17) is 0 Å². The summed E-state index contributed by atoms with van der Waals surface area (Å²) in [6.07, 6.45) is 4.97. The number of aryl methyl sites for hydroxylation is 1. The SMILES string of the molecule is Cc1cc(C(=O)Nc2ccccn2)nc(C2CCCCN2)n1. The first kappa shape index (κ1) is 14.6. The van der Waals surface area contributed by atoms with E-state index in [1.165, 1.54) is 6.42 Å². The lowest BCUT2D eigenvalue weighted by Crippen LogP contribution is -2.29. The van der Waals surface area contributed by atoms with Crippen LogP contribution < -0.4 is 10.6 Å². The third kappa shape index (κ3) is 3.46. The molecule has 0 aliphatic carbocycles. The maximum absolute atomic E-state index is 12.3. The summed E-state index contributed by atoms with van der Waals surface area (Å²) in [6.45, 7) is 2.85. The van der Waals surface area contributed by atoms with Crippen molar-refractivity contribution in [1.82, 2.24) is 20.3 Å². The Morgan fingerprint density at radius 3 is 2.95 bits per heavy atom. The third-order valence-corrected chi connectivity index (χ3v) is 3.63. The number of anilines is 1. The molecule has 1 saturated heterocycles. The summed E-state index contributed by atoms with van der Waals surface area (Å²) in [6, 6.07) is 7.21.